The van der Waals surface area contributed by atoms with Crippen molar-refractivity contribution in [3.05, 3.63) is 98.7 Å². The maximum atomic E-state index is 14.2. The molecule has 2 unspecified atom stereocenters. The zero-order valence-electron chi connectivity index (χ0n) is 22.6. The summed E-state index contributed by atoms with van der Waals surface area (Å²) in [4.78, 5) is 48.7. The van der Waals surface area contributed by atoms with E-state index < -0.39 is 64.0 Å². The summed E-state index contributed by atoms with van der Waals surface area (Å²) in [7, 11) is 0. The molecule has 0 radical (unpaired) electrons. The van der Waals surface area contributed by atoms with Gasteiger partial charge in [-0.1, -0.05) is 35.5 Å². The Kier molecular flexibility index (Phi) is 6.99. The molecule has 6 rings (SSSR count). The van der Waals surface area contributed by atoms with Crippen LogP contribution in [0.4, 0.5) is 13.2 Å². The van der Waals surface area contributed by atoms with Gasteiger partial charge in [0.25, 0.3) is 11.8 Å². The third-order valence-corrected chi connectivity index (χ3v) is 8.23. The Bertz CT molecular complexity index is 1630. The topological polar surface area (TPSA) is 102 Å². The molecule has 218 valence electrons. The highest BCUT2D eigenvalue weighted by atomic mass is 19.1. The number of hydrogen-bond donors (Lipinski definition) is 1. The van der Waals surface area contributed by atoms with Crippen LogP contribution in [-0.4, -0.2) is 45.7 Å². The molecule has 9 nitrogen and oxygen atoms in total. The van der Waals surface area contributed by atoms with Crippen molar-refractivity contribution in [2.75, 3.05) is 6.54 Å². The monoisotopic (exact) mass is 580 g/mol. The third kappa shape index (κ3) is 4.70. The molecule has 3 aliphatic rings. The summed E-state index contributed by atoms with van der Waals surface area (Å²) in [5, 5.41) is 6.36. The van der Waals surface area contributed by atoms with Crippen LogP contribution in [0, 0.1) is 17.5 Å². The molecule has 42 heavy (non-hydrogen) atoms. The number of oxime groups is 1. The van der Waals surface area contributed by atoms with Crippen molar-refractivity contribution in [2.45, 2.75) is 57.0 Å². The Morgan fingerprint density at radius 1 is 1.17 bits per heavy atom. The molecule has 4 heterocycles. The SMILES string of the molecule is CC1CC[C@]2(CC=NO2)C2CN1C(=O)c1c(OCc3ccccc3)c(=O)c(C(=O)NCc3c(F)cc(F)cc3F)cn12. The van der Waals surface area contributed by atoms with Gasteiger partial charge in [0.05, 0.1) is 6.04 Å². The van der Waals surface area contributed by atoms with E-state index in [2.05, 4.69) is 10.5 Å². The maximum absolute atomic E-state index is 14.2. The van der Waals surface area contributed by atoms with Gasteiger partial charge in [-0.15, -0.1) is 0 Å². The number of fused-ring (bicyclic) bond motifs is 5. The Labute approximate surface area is 238 Å². The number of pyridine rings is 1. The molecule has 1 aromatic heterocycles. The molecule has 2 bridgehead atoms. The van der Waals surface area contributed by atoms with Gasteiger partial charge in [0.2, 0.25) is 5.43 Å². The van der Waals surface area contributed by atoms with E-state index in [0.29, 0.717) is 31.4 Å². The standard InChI is InChI=1S/C30H27F3N4O5/c1-17-7-8-30(9-10-35-42-30)24-15-36(17)29(40)25-27(41-16-18-5-3-2-4-6-18)26(38)21(14-37(24)25)28(39)34-13-20-22(32)11-19(31)12-23(20)33/h2-6,10-12,14,17,24H,7-9,13,15-16H2,1H3,(H,34,39)/t17?,24?,30-/m0/s1. The summed E-state index contributed by atoms with van der Waals surface area (Å²) >= 11 is 0. The number of ether oxygens (including phenoxy) is 1. The number of halogens is 3. The Morgan fingerprint density at radius 3 is 2.60 bits per heavy atom. The number of hydrogen-bond acceptors (Lipinski definition) is 6. The predicted molar refractivity (Wildman–Crippen MR) is 145 cm³/mol. The minimum absolute atomic E-state index is 0.0111. The molecule has 12 heteroatoms. The molecule has 1 N–H and O–H groups in total. The summed E-state index contributed by atoms with van der Waals surface area (Å²) in [6.07, 6.45) is 4.60. The van der Waals surface area contributed by atoms with E-state index in [1.165, 1.54) is 6.20 Å². The molecule has 1 saturated heterocycles. The Balaban J connectivity index is 1.44. The molecular weight excluding hydrogens is 553 g/mol. The summed E-state index contributed by atoms with van der Waals surface area (Å²) < 4.78 is 49.4. The summed E-state index contributed by atoms with van der Waals surface area (Å²) in [6, 6.07) is 9.33. The van der Waals surface area contributed by atoms with Crippen LogP contribution < -0.4 is 15.5 Å². The molecule has 3 aliphatic heterocycles. The minimum atomic E-state index is -1.18. The van der Waals surface area contributed by atoms with Crippen LogP contribution >= 0.6 is 0 Å². The summed E-state index contributed by atoms with van der Waals surface area (Å²) in [5.41, 5.74) is -1.92. The predicted octanol–water partition coefficient (Wildman–Crippen LogP) is 4.10. The van der Waals surface area contributed by atoms with Crippen LogP contribution in [0.15, 0.2) is 58.6 Å². The van der Waals surface area contributed by atoms with Gasteiger partial charge in [0.1, 0.15) is 29.6 Å². The van der Waals surface area contributed by atoms with Crippen LogP contribution in [0.5, 0.6) is 5.75 Å². The molecule has 2 amide bonds. The second-order valence-corrected chi connectivity index (χ2v) is 10.8. The fraction of sp³-hybridized carbons (Fsp3) is 0.333. The minimum Gasteiger partial charge on any atom is -0.483 e. The van der Waals surface area contributed by atoms with Crippen LogP contribution in [0.25, 0.3) is 0 Å². The maximum Gasteiger partial charge on any atom is 0.274 e. The Hall–Kier alpha value is -4.61. The molecule has 2 aromatic carbocycles. The normalized spacial score (nSPS) is 22.5. The molecule has 1 fully saturated rings. The smallest absolute Gasteiger partial charge is 0.274 e. The average Bonchev–Trinajstić information content (AvgIpc) is 3.40. The van der Waals surface area contributed by atoms with Crippen molar-refractivity contribution in [1.82, 2.24) is 14.8 Å². The lowest BCUT2D eigenvalue weighted by atomic mass is 9.86. The van der Waals surface area contributed by atoms with E-state index in [0.717, 1.165) is 5.56 Å². The third-order valence-electron chi connectivity index (χ3n) is 8.23. The molecule has 1 spiro atoms. The van der Waals surface area contributed by atoms with Crippen LogP contribution in [-0.2, 0) is 18.0 Å². The largest absolute Gasteiger partial charge is 0.483 e. The van der Waals surface area contributed by atoms with Gasteiger partial charge in [0, 0.05) is 55.7 Å². The second kappa shape index (κ2) is 10.7. The fourth-order valence-electron chi connectivity index (χ4n) is 5.88. The average molecular weight is 581 g/mol. The van der Waals surface area contributed by atoms with Crippen LogP contribution in [0.1, 0.15) is 64.2 Å². The first-order valence-electron chi connectivity index (χ1n) is 13.6. The number of amides is 2. The summed E-state index contributed by atoms with van der Waals surface area (Å²) in [6.45, 7) is 1.48. The van der Waals surface area contributed by atoms with Gasteiger partial charge < -0.3 is 24.4 Å². The second-order valence-electron chi connectivity index (χ2n) is 10.8. The highest BCUT2D eigenvalue weighted by molar-refractivity contribution is 5.99. The lowest BCUT2D eigenvalue weighted by molar-refractivity contribution is -0.0656. The van der Waals surface area contributed by atoms with Gasteiger partial charge in [-0.25, -0.2) is 13.2 Å². The van der Waals surface area contributed by atoms with Crippen LogP contribution in [0.3, 0.4) is 0 Å². The Morgan fingerprint density at radius 2 is 1.90 bits per heavy atom. The van der Waals surface area contributed by atoms with E-state index in [9.17, 15) is 27.6 Å². The molecule has 0 aliphatic carbocycles. The first-order valence-corrected chi connectivity index (χ1v) is 13.6. The molecule has 3 aromatic rings. The zero-order chi connectivity index (χ0) is 29.6. The van der Waals surface area contributed by atoms with Gasteiger partial charge in [-0.3, -0.25) is 14.4 Å². The molecule has 0 saturated carbocycles. The van der Waals surface area contributed by atoms with Crippen molar-refractivity contribution in [2.24, 2.45) is 5.16 Å². The lowest BCUT2D eigenvalue weighted by Crippen LogP contribution is -2.52. The number of carbonyl (C=O) groups excluding carboxylic acids is 2. The first kappa shape index (κ1) is 27.6. The number of aromatic nitrogens is 1. The fourth-order valence-corrected chi connectivity index (χ4v) is 5.88. The van der Waals surface area contributed by atoms with Gasteiger partial charge in [0.15, 0.2) is 17.0 Å². The van der Waals surface area contributed by atoms with Gasteiger partial charge in [-0.05, 0) is 25.3 Å². The quantitative estimate of drug-likeness (QED) is 0.473. The summed E-state index contributed by atoms with van der Waals surface area (Å²) in [5.74, 6) is -5.14. The number of carbonyl (C=O) groups is 2. The number of nitrogens with zero attached hydrogens (tertiary/aromatic N) is 3. The van der Waals surface area contributed by atoms with Gasteiger partial charge >= 0.3 is 0 Å². The van der Waals surface area contributed by atoms with Crippen molar-refractivity contribution < 1.29 is 32.3 Å². The number of rotatable bonds is 6. The van der Waals surface area contributed by atoms with E-state index >= 15 is 0 Å². The number of benzene rings is 2. The van der Waals surface area contributed by atoms with Crippen molar-refractivity contribution in [3.8, 4) is 5.75 Å². The number of nitrogens with one attached hydrogen (secondary N) is 1. The van der Waals surface area contributed by atoms with Gasteiger partial charge in [-0.2, -0.15) is 0 Å². The molecular formula is C30H27F3N4O5. The van der Waals surface area contributed by atoms with Crippen molar-refractivity contribution in [1.29, 1.82) is 0 Å². The zero-order valence-corrected chi connectivity index (χ0v) is 22.6. The molecule has 3 atom stereocenters. The first-order chi connectivity index (χ1) is 20.2. The lowest BCUT2D eigenvalue weighted by Gasteiger charge is -2.42. The highest BCUT2D eigenvalue weighted by Crippen LogP contribution is 2.45. The van der Waals surface area contributed by atoms with E-state index in [-0.39, 0.29) is 30.6 Å². The van der Waals surface area contributed by atoms with Crippen LogP contribution in [0.2, 0.25) is 0 Å². The van der Waals surface area contributed by atoms with E-state index in [4.69, 9.17) is 9.57 Å². The van der Waals surface area contributed by atoms with Crippen molar-refractivity contribution in [3.63, 3.8) is 0 Å². The van der Waals surface area contributed by atoms with E-state index in [1.807, 2.05) is 13.0 Å². The van der Waals surface area contributed by atoms with Crippen molar-refractivity contribution >= 4 is 18.0 Å². The van der Waals surface area contributed by atoms with E-state index in [1.54, 1.807) is 39.9 Å². The highest BCUT2D eigenvalue weighted by Gasteiger charge is 2.53.